The number of pyridine rings is 2. The number of ether oxygens (including phenoxy) is 1. The molecule has 5 rings (SSSR count). The SMILES string of the molecule is COc1ccc(N2C(=S)N[C@@H](c3ccccn3)[C@@H]2c2cccn2-c2cccnc2)cc1NS(C)(=O)=O. The van der Waals surface area contributed by atoms with E-state index in [-0.39, 0.29) is 12.1 Å². The monoisotopic (exact) mass is 520 g/mol. The van der Waals surface area contributed by atoms with Gasteiger partial charge in [0.05, 0.1) is 42.7 Å². The molecular formula is C25H24N6O3S2. The molecule has 4 aromatic rings. The Morgan fingerprint density at radius 1 is 1.06 bits per heavy atom. The second-order valence-corrected chi connectivity index (χ2v) is 10.4. The van der Waals surface area contributed by atoms with Crippen LogP contribution >= 0.6 is 12.2 Å². The number of rotatable bonds is 7. The Labute approximate surface area is 214 Å². The number of sulfonamides is 1. The van der Waals surface area contributed by atoms with Crippen molar-refractivity contribution in [2.75, 3.05) is 23.0 Å². The number of hydrogen-bond acceptors (Lipinski definition) is 6. The smallest absolute Gasteiger partial charge is 0.229 e. The Bertz CT molecular complexity index is 1490. The highest BCUT2D eigenvalue weighted by atomic mass is 32.2. The molecule has 1 saturated heterocycles. The molecule has 11 heteroatoms. The molecule has 36 heavy (non-hydrogen) atoms. The van der Waals surface area contributed by atoms with Crippen LogP contribution < -0.4 is 19.7 Å². The lowest BCUT2D eigenvalue weighted by Gasteiger charge is -2.29. The van der Waals surface area contributed by atoms with Gasteiger partial charge in [-0.1, -0.05) is 6.07 Å². The summed E-state index contributed by atoms with van der Waals surface area (Å²) in [7, 11) is -2.04. The van der Waals surface area contributed by atoms with Crippen LogP contribution in [0.1, 0.15) is 23.5 Å². The van der Waals surface area contributed by atoms with Crippen LogP contribution in [0.3, 0.4) is 0 Å². The maximum absolute atomic E-state index is 12.0. The Hall–Kier alpha value is -3.96. The first-order valence-corrected chi connectivity index (χ1v) is 13.4. The lowest BCUT2D eigenvalue weighted by molar-refractivity contribution is 0.417. The second-order valence-electron chi connectivity index (χ2n) is 8.27. The van der Waals surface area contributed by atoms with Crippen LogP contribution in [0.4, 0.5) is 11.4 Å². The summed E-state index contributed by atoms with van der Waals surface area (Å²) in [6, 6.07) is 18.4. The Balaban J connectivity index is 1.67. The topological polar surface area (TPSA) is 101 Å². The highest BCUT2D eigenvalue weighted by molar-refractivity contribution is 7.92. The lowest BCUT2D eigenvalue weighted by Crippen LogP contribution is -2.30. The van der Waals surface area contributed by atoms with Gasteiger partial charge in [0.2, 0.25) is 10.0 Å². The van der Waals surface area contributed by atoms with Gasteiger partial charge >= 0.3 is 0 Å². The molecular weight excluding hydrogens is 496 g/mol. The fraction of sp³-hybridized carbons (Fsp3) is 0.160. The van der Waals surface area contributed by atoms with E-state index in [1.807, 2.05) is 59.6 Å². The number of methoxy groups -OCH3 is 1. The number of nitrogens with zero attached hydrogens (tertiary/aromatic N) is 4. The minimum Gasteiger partial charge on any atom is -0.495 e. The van der Waals surface area contributed by atoms with Crippen LogP contribution in [-0.4, -0.2) is 41.4 Å². The van der Waals surface area contributed by atoms with E-state index in [0.29, 0.717) is 22.2 Å². The fourth-order valence-corrected chi connectivity index (χ4v) is 5.33. The first-order valence-electron chi connectivity index (χ1n) is 11.1. The van der Waals surface area contributed by atoms with Gasteiger partial charge in [-0.15, -0.1) is 0 Å². The van der Waals surface area contributed by atoms with E-state index in [2.05, 4.69) is 24.6 Å². The van der Waals surface area contributed by atoms with E-state index >= 15 is 0 Å². The van der Waals surface area contributed by atoms with E-state index in [9.17, 15) is 8.42 Å². The van der Waals surface area contributed by atoms with Crippen molar-refractivity contribution < 1.29 is 13.2 Å². The van der Waals surface area contributed by atoms with Crippen molar-refractivity contribution in [2.45, 2.75) is 12.1 Å². The van der Waals surface area contributed by atoms with Gasteiger partial charge in [-0.3, -0.25) is 14.7 Å². The summed E-state index contributed by atoms with van der Waals surface area (Å²) in [5.41, 5.74) is 3.71. The van der Waals surface area contributed by atoms with Gasteiger partial charge in [0.25, 0.3) is 0 Å². The summed E-state index contributed by atoms with van der Waals surface area (Å²) in [6.07, 6.45) is 8.36. The minimum atomic E-state index is -3.53. The van der Waals surface area contributed by atoms with Gasteiger partial charge in [0.15, 0.2) is 5.11 Å². The zero-order valence-corrected chi connectivity index (χ0v) is 21.2. The second kappa shape index (κ2) is 9.59. The van der Waals surface area contributed by atoms with Crippen LogP contribution in [0.2, 0.25) is 0 Å². The molecule has 9 nitrogen and oxygen atoms in total. The van der Waals surface area contributed by atoms with E-state index in [0.717, 1.165) is 23.3 Å². The number of benzene rings is 1. The summed E-state index contributed by atoms with van der Waals surface area (Å²) in [5.74, 6) is 0.402. The van der Waals surface area contributed by atoms with Gasteiger partial charge < -0.3 is 19.5 Å². The summed E-state index contributed by atoms with van der Waals surface area (Å²) < 4.78 is 34.0. The average Bonchev–Trinajstić information content (AvgIpc) is 3.48. The van der Waals surface area contributed by atoms with Gasteiger partial charge in [-0.25, -0.2) is 8.42 Å². The van der Waals surface area contributed by atoms with Crippen molar-refractivity contribution in [3.05, 3.63) is 96.8 Å². The molecule has 0 aliphatic carbocycles. The van der Waals surface area contributed by atoms with Crippen molar-refractivity contribution in [2.24, 2.45) is 0 Å². The lowest BCUT2D eigenvalue weighted by atomic mass is 10.0. The van der Waals surface area contributed by atoms with Crippen LogP contribution in [0, 0.1) is 0 Å². The molecule has 1 aliphatic rings. The molecule has 184 valence electrons. The molecule has 3 aromatic heterocycles. The van der Waals surface area contributed by atoms with Crippen LogP contribution in [-0.2, 0) is 10.0 Å². The maximum Gasteiger partial charge on any atom is 0.229 e. The molecule has 1 fully saturated rings. The molecule has 2 N–H and O–H groups in total. The van der Waals surface area contributed by atoms with E-state index in [1.165, 1.54) is 7.11 Å². The summed E-state index contributed by atoms with van der Waals surface area (Å²) in [4.78, 5) is 10.8. The first kappa shape index (κ1) is 23.8. The number of thiocarbonyl (C=S) groups is 1. The highest BCUT2D eigenvalue weighted by Gasteiger charge is 2.42. The van der Waals surface area contributed by atoms with Crippen molar-refractivity contribution in [3.63, 3.8) is 0 Å². The third-order valence-corrected chi connectivity index (χ3v) is 6.77. The standard InChI is InChI=1S/C25H24N6O3S2/c1-34-22-11-10-17(15-20(22)29-36(2,32)33)31-24(23(28-25(31)35)19-8-3-4-13-27-19)21-9-6-14-30(21)18-7-5-12-26-16-18/h3-16,23-24,29H,1-2H3,(H,28,35)/t23-,24-/m0/s1. The molecule has 1 aliphatic heterocycles. The zero-order chi connectivity index (χ0) is 25.3. The number of hydrogen-bond donors (Lipinski definition) is 2. The fourth-order valence-electron chi connectivity index (χ4n) is 4.43. The summed E-state index contributed by atoms with van der Waals surface area (Å²) in [6.45, 7) is 0. The largest absolute Gasteiger partial charge is 0.495 e. The third kappa shape index (κ3) is 4.62. The third-order valence-electron chi connectivity index (χ3n) is 5.86. The van der Waals surface area contributed by atoms with Crippen molar-refractivity contribution in [3.8, 4) is 11.4 Å². The quantitative estimate of drug-likeness (QED) is 0.355. The molecule has 4 heterocycles. The van der Waals surface area contributed by atoms with Gasteiger partial charge in [-0.05, 0) is 66.8 Å². The molecule has 0 amide bonds. The predicted molar refractivity (Wildman–Crippen MR) is 143 cm³/mol. The van der Waals surface area contributed by atoms with Crippen LogP contribution in [0.25, 0.3) is 5.69 Å². The van der Waals surface area contributed by atoms with E-state index in [4.69, 9.17) is 17.0 Å². The van der Waals surface area contributed by atoms with Crippen molar-refractivity contribution >= 4 is 38.7 Å². The highest BCUT2D eigenvalue weighted by Crippen LogP contribution is 2.43. The van der Waals surface area contributed by atoms with E-state index in [1.54, 1.807) is 30.7 Å². The normalized spacial score (nSPS) is 17.6. The first-order chi connectivity index (χ1) is 17.4. The van der Waals surface area contributed by atoms with Crippen LogP contribution in [0.5, 0.6) is 5.75 Å². The molecule has 0 saturated carbocycles. The number of aromatic nitrogens is 3. The molecule has 2 atom stereocenters. The zero-order valence-electron chi connectivity index (χ0n) is 19.6. The van der Waals surface area contributed by atoms with Gasteiger partial charge in [0.1, 0.15) is 11.8 Å². The Morgan fingerprint density at radius 3 is 2.61 bits per heavy atom. The van der Waals surface area contributed by atoms with Gasteiger partial charge in [0, 0.05) is 30.0 Å². The summed E-state index contributed by atoms with van der Waals surface area (Å²) >= 11 is 5.82. The molecule has 0 radical (unpaired) electrons. The minimum absolute atomic E-state index is 0.266. The number of anilines is 2. The van der Waals surface area contributed by atoms with Crippen LogP contribution in [0.15, 0.2) is 85.5 Å². The predicted octanol–water partition coefficient (Wildman–Crippen LogP) is 3.82. The average molecular weight is 521 g/mol. The Kier molecular flexibility index (Phi) is 6.33. The summed E-state index contributed by atoms with van der Waals surface area (Å²) in [5, 5.41) is 3.92. The number of nitrogens with one attached hydrogen (secondary N) is 2. The van der Waals surface area contributed by atoms with Crippen molar-refractivity contribution in [1.29, 1.82) is 0 Å². The molecule has 0 spiro atoms. The molecule has 0 unspecified atom stereocenters. The maximum atomic E-state index is 12.0. The molecule has 0 bridgehead atoms. The van der Waals surface area contributed by atoms with Gasteiger partial charge in [-0.2, -0.15) is 0 Å². The Morgan fingerprint density at radius 2 is 1.92 bits per heavy atom. The van der Waals surface area contributed by atoms with Crippen molar-refractivity contribution in [1.82, 2.24) is 19.9 Å². The molecule has 1 aromatic carbocycles. The van der Waals surface area contributed by atoms with E-state index < -0.39 is 10.0 Å².